The van der Waals surface area contributed by atoms with E-state index in [2.05, 4.69) is 32.7 Å². The van der Waals surface area contributed by atoms with Gasteiger partial charge in [0, 0.05) is 27.3 Å². The number of hydrogen-bond donors (Lipinski definition) is 2. The highest BCUT2D eigenvalue weighted by Gasteiger charge is 2.05. The molecule has 0 atom stereocenters. The van der Waals surface area contributed by atoms with E-state index in [0.717, 1.165) is 36.3 Å². The lowest BCUT2D eigenvalue weighted by atomic mass is 10.2. The second-order valence-electron chi connectivity index (χ2n) is 6.25. The molecule has 0 amide bonds. The number of guanidine groups is 1. The number of methoxy groups -OCH3 is 1. The zero-order chi connectivity index (χ0) is 19.5. The molecular formula is C19H31IN6O2. The van der Waals surface area contributed by atoms with Gasteiger partial charge in [0.05, 0.1) is 6.54 Å². The SMILES string of the molecule is COCCCNC(=NCc1nnc(C)n1C)NCCOc1ccc(C)cc1.I. The number of nitrogens with zero attached hydrogens (tertiary/aromatic N) is 4. The van der Waals surface area contributed by atoms with Gasteiger partial charge in [0.2, 0.25) is 0 Å². The van der Waals surface area contributed by atoms with E-state index in [-0.39, 0.29) is 24.0 Å². The average molecular weight is 502 g/mol. The van der Waals surface area contributed by atoms with Crippen molar-refractivity contribution in [2.24, 2.45) is 12.0 Å². The molecule has 2 rings (SSSR count). The molecule has 0 unspecified atom stereocenters. The van der Waals surface area contributed by atoms with Gasteiger partial charge < -0.3 is 24.7 Å². The topological polar surface area (TPSA) is 85.6 Å². The molecule has 156 valence electrons. The van der Waals surface area contributed by atoms with E-state index in [9.17, 15) is 0 Å². The van der Waals surface area contributed by atoms with Crippen LogP contribution in [-0.4, -0.2) is 54.1 Å². The summed E-state index contributed by atoms with van der Waals surface area (Å²) in [6.45, 7) is 7.10. The Morgan fingerprint density at radius 3 is 2.43 bits per heavy atom. The maximum Gasteiger partial charge on any atom is 0.191 e. The summed E-state index contributed by atoms with van der Waals surface area (Å²) in [4.78, 5) is 4.60. The number of rotatable bonds is 10. The first-order valence-electron chi connectivity index (χ1n) is 9.15. The zero-order valence-corrected chi connectivity index (χ0v) is 19.4. The van der Waals surface area contributed by atoms with Crippen LogP contribution in [0.3, 0.4) is 0 Å². The molecule has 8 nitrogen and oxygen atoms in total. The van der Waals surface area contributed by atoms with Crippen LogP contribution in [0.1, 0.15) is 23.6 Å². The molecular weight excluding hydrogens is 471 g/mol. The molecule has 0 aliphatic carbocycles. The quantitative estimate of drug-likeness (QED) is 0.224. The van der Waals surface area contributed by atoms with Gasteiger partial charge in [-0.15, -0.1) is 34.2 Å². The fourth-order valence-corrected chi connectivity index (χ4v) is 2.31. The number of nitrogens with one attached hydrogen (secondary N) is 2. The minimum atomic E-state index is 0. The molecule has 2 N–H and O–H groups in total. The minimum Gasteiger partial charge on any atom is -0.492 e. The first-order chi connectivity index (χ1) is 13.1. The molecule has 1 heterocycles. The van der Waals surface area contributed by atoms with Crippen LogP contribution in [0, 0.1) is 13.8 Å². The van der Waals surface area contributed by atoms with Crippen molar-refractivity contribution in [1.82, 2.24) is 25.4 Å². The van der Waals surface area contributed by atoms with Crippen molar-refractivity contribution in [3.8, 4) is 5.75 Å². The summed E-state index contributed by atoms with van der Waals surface area (Å²) in [6, 6.07) is 8.03. The third-order valence-electron chi connectivity index (χ3n) is 4.06. The van der Waals surface area contributed by atoms with Gasteiger partial charge in [-0.25, -0.2) is 4.99 Å². The normalized spacial score (nSPS) is 11.1. The first kappa shape index (κ1) is 24.2. The van der Waals surface area contributed by atoms with Crippen molar-refractivity contribution in [2.45, 2.75) is 26.8 Å². The third-order valence-corrected chi connectivity index (χ3v) is 4.06. The van der Waals surface area contributed by atoms with E-state index in [4.69, 9.17) is 9.47 Å². The Balaban J connectivity index is 0.00000392. The van der Waals surface area contributed by atoms with Crippen LogP contribution in [0.15, 0.2) is 29.3 Å². The molecule has 0 radical (unpaired) electrons. The summed E-state index contributed by atoms with van der Waals surface area (Å²) in [5.41, 5.74) is 1.22. The van der Waals surface area contributed by atoms with Crippen molar-refractivity contribution in [1.29, 1.82) is 0 Å². The van der Waals surface area contributed by atoms with Crippen LogP contribution in [0.2, 0.25) is 0 Å². The zero-order valence-electron chi connectivity index (χ0n) is 17.1. The molecule has 1 aromatic carbocycles. The molecule has 9 heteroatoms. The average Bonchev–Trinajstić information content (AvgIpc) is 2.99. The Morgan fingerprint density at radius 1 is 1.07 bits per heavy atom. The van der Waals surface area contributed by atoms with Crippen molar-refractivity contribution < 1.29 is 9.47 Å². The van der Waals surface area contributed by atoms with Crippen LogP contribution in [0.25, 0.3) is 0 Å². The van der Waals surface area contributed by atoms with E-state index in [1.165, 1.54) is 5.56 Å². The predicted molar refractivity (Wildman–Crippen MR) is 121 cm³/mol. The van der Waals surface area contributed by atoms with Crippen molar-refractivity contribution >= 4 is 29.9 Å². The number of benzene rings is 1. The molecule has 0 fully saturated rings. The van der Waals surface area contributed by atoms with Crippen LogP contribution in [0.4, 0.5) is 0 Å². The van der Waals surface area contributed by atoms with Crippen LogP contribution in [-0.2, 0) is 18.3 Å². The number of aromatic nitrogens is 3. The van der Waals surface area contributed by atoms with Gasteiger partial charge in [-0.3, -0.25) is 0 Å². The molecule has 0 aliphatic rings. The predicted octanol–water partition coefficient (Wildman–Crippen LogP) is 2.20. The van der Waals surface area contributed by atoms with Gasteiger partial charge in [0.1, 0.15) is 24.7 Å². The summed E-state index contributed by atoms with van der Waals surface area (Å²) in [5.74, 6) is 3.28. The molecule has 0 saturated heterocycles. The van der Waals surface area contributed by atoms with E-state index in [0.29, 0.717) is 26.3 Å². The smallest absolute Gasteiger partial charge is 0.191 e. The molecule has 0 aliphatic heterocycles. The summed E-state index contributed by atoms with van der Waals surface area (Å²) >= 11 is 0. The standard InChI is InChI=1S/C19H30N6O2.HI/c1-15-6-8-17(9-7-15)27-13-11-21-19(20-10-5-12-26-4)22-14-18-24-23-16(2)25(18)3;/h6-9H,5,10-14H2,1-4H3,(H2,20,21,22);1H. The largest absolute Gasteiger partial charge is 0.492 e. The lowest BCUT2D eigenvalue weighted by molar-refractivity contribution is 0.195. The maximum absolute atomic E-state index is 5.75. The Labute approximate surface area is 184 Å². The Bertz CT molecular complexity index is 718. The number of ether oxygens (including phenoxy) is 2. The van der Waals surface area contributed by atoms with Crippen molar-refractivity contribution in [2.75, 3.05) is 33.4 Å². The van der Waals surface area contributed by atoms with Gasteiger partial charge in [-0.2, -0.15) is 0 Å². The van der Waals surface area contributed by atoms with Gasteiger partial charge >= 0.3 is 0 Å². The highest BCUT2D eigenvalue weighted by Crippen LogP contribution is 2.10. The van der Waals surface area contributed by atoms with Gasteiger partial charge in [0.15, 0.2) is 11.8 Å². The van der Waals surface area contributed by atoms with E-state index in [1.807, 2.05) is 42.8 Å². The van der Waals surface area contributed by atoms with Gasteiger partial charge in [-0.05, 0) is 32.4 Å². The van der Waals surface area contributed by atoms with Gasteiger partial charge in [0.25, 0.3) is 0 Å². The summed E-state index contributed by atoms with van der Waals surface area (Å²) < 4.78 is 12.8. The van der Waals surface area contributed by atoms with Crippen LogP contribution < -0.4 is 15.4 Å². The molecule has 0 spiro atoms. The number of halogens is 1. The Morgan fingerprint density at radius 2 is 1.79 bits per heavy atom. The highest BCUT2D eigenvalue weighted by molar-refractivity contribution is 14.0. The third kappa shape index (κ3) is 8.42. The number of aryl methyl sites for hydroxylation is 2. The Kier molecular flexibility index (Phi) is 11.5. The number of aliphatic imine (C=N–C) groups is 1. The molecule has 0 bridgehead atoms. The van der Waals surface area contributed by atoms with E-state index >= 15 is 0 Å². The van der Waals surface area contributed by atoms with E-state index in [1.54, 1.807) is 7.11 Å². The first-order valence-corrected chi connectivity index (χ1v) is 9.15. The molecule has 28 heavy (non-hydrogen) atoms. The minimum absolute atomic E-state index is 0. The van der Waals surface area contributed by atoms with Crippen LogP contribution >= 0.6 is 24.0 Å². The second-order valence-corrected chi connectivity index (χ2v) is 6.25. The van der Waals surface area contributed by atoms with Crippen molar-refractivity contribution in [3.05, 3.63) is 41.5 Å². The summed E-state index contributed by atoms with van der Waals surface area (Å²) in [7, 11) is 3.64. The fourth-order valence-electron chi connectivity index (χ4n) is 2.31. The monoisotopic (exact) mass is 502 g/mol. The maximum atomic E-state index is 5.75. The molecule has 0 saturated carbocycles. The van der Waals surface area contributed by atoms with E-state index < -0.39 is 0 Å². The van der Waals surface area contributed by atoms with Crippen molar-refractivity contribution in [3.63, 3.8) is 0 Å². The summed E-state index contributed by atoms with van der Waals surface area (Å²) in [6.07, 6.45) is 0.903. The van der Waals surface area contributed by atoms with Crippen LogP contribution in [0.5, 0.6) is 5.75 Å². The molecule has 2 aromatic rings. The molecule has 1 aromatic heterocycles. The number of hydrogen-bond acceptors (Lipinski definition) is 5. The Hall–Kier alpha value is -1.88. The lowest BCUT2D eigenvalue weighted by Gasteiger charge is -2.13. The second kappa shape index (κ2) is 13.3. The summed E-state index contributed by atoms with van der Waals surface area (Å²) in [5, 5.41) is 14.8. The fraction of sp³-hybridized carbons (Fsp3) is 0.526. The van der Waals surface area contributed by atoms with Gasteiger partial charge in [-0.1, -0.05) is 17.7 Å². The lowest BCUT2D eigenvalue weighted by Crippen LogP contribution is -2.40. The highest BCUT2D eigenvalue weighted by atomic mass is 127.